The molecule has 2 heterocycles. The lowest BCUT2D eigenvalue weighted by atomic mass is 9.44. The monoisotopic (exact) mass is 482 g/mol. The van der Waals surface area contributed by atoms with Gasteiger partial charge in [0.15, 0.2) is 17.2 Å². The van der Waals surface area contributed by atoms with Gasteiger partial charge in [0.25, 0.3) is 0 Å². The number of ketones is 2. The molecule has 0 radical (unpaired) electrons. The van der Waals surface area contributed by atoms with Crippen molar-refractivity contribution in [1.82, 2.24) is 0 Å². The molecule has 0 amide bonds. The van der Waals surface area contributed by atoms with Gasteiger partial charge in [-0.3, -0.25) is 14.4 Å². The van der Waals surface area contributed by atoms with Crippen LogP contribution in [0.1, 0.15) is 52.2 Å². The summed E-state index contributed by atoms with van der Waals surface area (Å²) in [5.74, 6) is -3.74. The first-order valence-corrected chi connectivity index (χ1v) is 11.9. The molecule has 1 aliphatic heterocycles. The normalized spacial score (nSPS) is 39.6. The second kappa shape index (κ2) is 7.50. The lowest BCUT2D eigenvalue weighted by molar-refractivity contribution is -0.167. The van der Waals surface area contributed by atoms with Crippen molar-refractivity contribution >= 4 is 23.5 Å². The van der Waals surface area contributed by atoms with Crippen molar-refractivity contribution < 1.29 is 38.2 Å². The number of esters is 2. The van der Waals surface area contributed by atoms with Crippen LogP contribution in [0.5, 0.6) is 0 Å². The van der Waals surface area contributed by atoms with Crippen LogP contribution in [0, 0.1) is 34.5 Å². The Morgan fingerprint density at radius 3 is 2.57 bits per heavy atom. The van der Waals surface area contributed by atoms with Gasteiger partial charge in [-0.25, -0.2) is 4.79 Å². The highest BCUT2D eigenvalue weighted by molar-refractivity contribution is 6.07. The smallest absolute Gasteiger partial charge is 0.331 e. The number of carbonyl (C=O) groups excluding carboxylic acids is 4. The number of furan rings is 1. The summed E-state index contributed by atoms with van der Waals surface area (Å²) in [5, 5.41) is 11.9. The number of fused-ring (bicyclic) bond motifs is 6. The summed E-state index contributed by atoms with van der Waals surface area (Å²) in [7, 11) is 1.32. The van der Waals surface area contributed by atoms with Gasteiger partial charge in [0.2, 0.25) is 0 Å². The molecule has 2 bridgehead atoms. The average molecular weight is 483 g/mol. The molecule has 186 valence electrons. The Bertz CT molecular complexity index is 1190. The number of hydrogen-bond donors (Lipinski definition) is 1. The molecule has 7 atom stereocenters. The van der Waals surface area contributed by atoms with Crippen LogP contribution in [-0.4, -0.2) is 41.3 Å². The zero-order valence-electron chi connectivity index (χ0n) is 20.5. The zero-order valence-corrected chi connectivity index (χ0v) is 20.5. The first-order valence-electron chi connectivity index (χ1n) is 11.9. The van der Waals surface area contributed by atoms with E-state index in [-0.39, 0.29) is 30.1 Å². The van der Waals surface area contributed by atoms with Crippen LogP contribution in [0.25, 0.3) is 0 Å². The fourth-order valence-corrected chi connectivity index (χ4v) is 7.41. The number of Topliss-reactive ketones (excluding diaryl/α,β-unsaturated/α-hetero) is 2. The Morgan fingerprint density at radius 1 is 1.23 bits per heavy atom. The maximum Gasteiger partial charge on any atom is 0.331 e. The van der Waals surface area contributed by atoms with E-state index in [9.17, 15) is 24.3 Å². The van der Waals surface area contributed by atoms with Crippen LogP contribution in [0.15, 0.2) is 46.3 Å². The van der Waals surface area contributed by atoms with Crippen LogP contribution in [0.2, 0.25) is 0 Å². The number of allylic oxidation sites excluding steroid dienone is 1. The van der Waals surface area contributed by atoms with E-state index in [0.717, 1.165) is 0 Å². The molecule has 2 fully saturated rings. The third-order valence-corrected chi connectivity index (χ3v) is 9.08. The Kier molecular flexibility index (Phi) is 5.08. The van der Waals surface area contributed by atoms with Crippen molar-refractivity contribution in [1.29, 1.82) is 0 Å². The van der Waals surface area contributed by atoms with E-state index in [1.807, 2.05) is 20.8 Å². The van der Waals surface area contributed by atoms with E-state index in [2.05, 4.69) is 0 Å². The third kappa shape index (κ3) is 3.08. The minimum Gasteiger partial charge on any atom is -0.472 e. The molecule has 5 rings (SSSR count). The molecule has 1 aromatic heterocycles. The van der Waals surface area contributed by atoms with Crippen molar-refractivity contribution in [3.8, 4) is 0 Å². The molecule has 0 spiro atoms. The fraction of sp³-hybridized carbons (Fsp3) is 0.556. The van der Waals surface area contributed by atoms with Gasteiger partial charge in [-0.15, -0.1) is 0 Å². The van der Waals surface area contributed by atoms with Crippen LogP contribution in [0.3, 0.4) is 0 Å². The molecule has 4 aliphatic rings. The lowest BCUT2D eigenvalue weighted by Crippen LogP contribution is -2.64. The summed E-state index contributed by atoms with van der Waals surface area (Å²) in [5.41, 5.74) is -2.35. The number of rotatable bonds is 3. The second-order valence-electron chi connectivity index (χ2n) is 11.2. The molecule has 0 aromatic carbocycles. The highest BCUT2D eigenvalue weighted by atomic mass is 16.5. The first kappa shape index (κ1) is 23.7. The van der Waals surface area contributed by atoms with Gasteiger partial charge >= 0.3 is 11.9 Å². The maximum absolute atomic E-state index is 13.8. The molecule has 3 aliphatic carbocycles. The van der Waals surface area contributed by atoms with Crippen LogP contribution in [0.4, 0.5) is 0 Å². The molecular formula is C27H30O8. The quantitative estimate of drug-likeness (QED) is 0.653. The summed E-state index contributed by atoms with van der Waals surface area (Å²) in [4.78, 5) is 52.2. The first-order chi connectivity index (χ1) is 16.4. The van der Waals surface area contributed by atoms with Crippen molar-refractivity contribution in [2.24, 2.45) is 34.5 Å². The Balaban J connectivity index is 1.69. The molecular weight excluding hydrogens is 452 g/mol. The maximum atomic E-state index is 13.8. The van der Waals surface area contributed by atoms with E-state index in [1.165, 1.54) is 31.8 Å². The molecule has 0 unspecified atom stereocenters. The lowest BCUT2D eigenvalue weighted by Gasteiger charge is -2.60. The van der Waals surface area contributed by atoms with Gasteiger partial charge in [0.05, 0.1) is 19.6 Å². The minimum atomic E-state index is -2.09. The van der Waals surface area contributed by atoms with Crippen molar-refractivity contribution in [3.05, 3.63) is 47.5 Å². The Morgan fingerprint density at radius 2 is 1.94 bits per heavy atom. The predicted molar refractivity (Wildman–Crippen MR) is 121 cm³/mol. The summed E-state index contributed by atoms with van der Waals surface area (Å²) >= 11 is 0. The number of hydrogen-bond acceptors (Lipinski definition) is 8. The highest BCUT2D eigenvalue weighted by Gasteiger charge is 2.67. The van der Waals surface area contributed by atoms with Crippen LogP contribution >= 0.6 is 0 Å². The van der Waals surface area contributed by atoms with Gasteiger partial charge in [0, 0.05) is 41.2 Å². The second-order valence-corrected chi connectivity index (χ2v) is 11.2. The molecule has 35 heavy (non-hydrogen) atoms. The van der Waals surface area contributed by atoms with Gasteiger partial charge in [-0.05, 0) is 41.0 Å². The number of carbonyl (C=O) groups is 4. The SMILES string of the molecule is COC(=O)C[C@@H]1[C@@H](C)C(=O)C2=C[C@@]3(O)C(=O)[C@H](C[C@]4(C)C3=CC(=O)O[C@H]4c3ccoc3)[C@H]2C1(C)C. The number of ether oxygens (including phenoxy) is 2. The summed E-state index contributed by atoms with van der Waals surface area (Å²) in [6, 6.07) is 1.70. The fourth-order valence-electron chi connectivity index (χ4n) is 7.41. The minimum absolute atomic E-state index is 0.0586. The van der Waals surface area contributed by atoms with E-state index in [0.29, 0.717) is 11.1 Å². The van der Waals surface area contributed by atoms with E-state index in [1.54, 1.807) is 13.0 Å². The van der Waals surface area contributed by atoms with E-state index >= 15 is 0 Å². The third-order valence-electron chi connectivity index (χ3n) is 9.08. The predicted octanol–water partition coefficient (Wildman–Crippen LogP) is 3.11. The summed E-state index contributed by atoms with van der Waals surface area (Å²) in [6.07, 6.45) is 5.10. The standard InChI is InChI=1S/C27H30O8/c1-13-17(8-19(28)33-5)25(2,3)21-15(22(13)30)11-27(32)18-9-20(29)35-24(14-6-7-34-12-14)26(18,4)10-16(21)23(27)31/h6-7,9,11-13,16-17,21,24,32H,8,10H2,1-5H3/t13-,16-,17-,21+,24+,26-,27+/m1/s1. The van der Waals surface area contributed by atoms with Crippen LogP contribution < -0.4 is 0 Å². The van der Waals surface area contributed by atoms with Crippen molar-refractivity contribution in [2.45, 2.75) is 52.2 Å². The van der Waals surface area contributed by atoms with Gasteiger partial charge < -0.3 is 19.0 Å². The molecule has 0 saturated heterocycles. The highest BCUT2D eigenvalue weighted by Crippen LogP contribution is 2.65. The van der Waals surface area contributed by atoms with E-state index in [4.69, 9.17) is 13.9 Å². The number of aliphatic hydroxyl groups is 1. The number of cyclic esters (lactones) is 1. The molecule has 1 N–H and O–H groups in total. The van der Waals surface area contributed by atoms with Gasteiger partial charge in [-0.1, -0.05) is 27.7 Å². The molecule has 8 nitrogen and oxygen atoms in total. The van der Waals surface area contributed by atoms with Gasteiger partial charge in [-0.2, -0.15) is 0 Å². The molecule has 2 saturated carbocycles. The largest absolute Gasteiger partial charge is 0.472 e. The van der Waals surface area contributed by atoms with Crippen molar-refractivity contribution in [2.75, 3.05) is 7.11 Å². The number of methoxy groups -OCH3 is 1. The topological polar surface area (TPSA) is 120 Å². The molecule has 8 heteroatoms. The van der Waals surface area contributed by atoms with E-state index < -0.39 is 58.0 Å². The summed E-state index contributed by atoms with van der Waals surface area (Å²) < 4.78 is 15.9. The Hall–Kier alpha value is -3.00. The Labute approximate surface area is 203 Å². The molecule has 1 aromatic rings. The van der Waals surface area contributed by atoms with Gasteiger partial charge in [0.1, 0.15) is 6.10 Å². The van der Waals surface area contributed by atoms with Crippen molar-refractivity contribution in [3.63, 3.8) is 0 Å². The zero-order chi connectivity index (χ0) is 25.5. The average Bonchev–Trinajstić information content (AvgIpc) is 3.33. The summed E-state index contributed by atoms with van der Waals surface area (Å²) in [6.45, 7) is 7.60. The van der Waals surface area contributed by atoms with Crippen LogP contribution in [-0.2, 0) is 28.7 Å².